The molecule has 28 heavy (non-hydrogen) atoms. The normalized spacial score (nSPS) is 15.3. The van der Waals surface area contributed by atoms with E-state index in [0.29, 0.717) is 0 Å². The van der Waals surface area contributed by atoms with Crippen LogP contribution in [0.25, 0.3) is 34.1 Å². The molecule has 0 amide bonds. The van der Waals surface area contributed by atoms with Crippen molar-refractivity contribution in [3.63, 3.8) is 0 Å². The van der Waals surface area contributed by atoms with Crippen LogP contribution in [-0.2, 0) is 5.54 Å². The maximum absolute atomic E-state index is 6.49. The van der Waals surface area contributed by atoms with Crippen LogP contribution in [0, 0.1) is 0 Å². The molecule has 4 heteroatoms. The Kier molecular flexibility index (Phi) is 3.88. The maximum Gasteiger partial charge on any atom is 0.154 e. The van der Waals surface area contributed by atoms with Crippen molar-refractivity contribution in [1.82, 2.24) is 14.6 Å². The zero-order valence-corrected chi connectivity index (χ0v) is 15.7. The van der Waals surface area contributed by atoms with E-state index in [9.17, 15) is 0 Å². The second-order valence-corrected chi connectivity index (χ2v) is 7.52. The van der Waals surface area contributed by atoms with Gasteiger partial charge in [-0.25, -0.2) is 9.50 Å². The molecule has 0 saturated heterocycles. The number of imidazole rings is 1. The average Bonchev–Trinajstić information content (AvgIpc) is 3.14. The van der Waals surface area contributed by atoms with E-state index < -0.39 is 0 Å². The molecule has 0 aliphatic heterocycles. The summed E-state index contributed by atoms with van der Waals surface area (Å²) in [6, 6.07) is 21.0. The minimum Gasteiger partial charge on any atom is -0.321 e. The van der Waals surface area contributed by atoms with Gasteiger partial charge in [0.15, 0.2) is 5.65 Å². The highest BCUT2D eigenvalue weighted by molar-refractivity contribution is 5.82. The summed E-state index contributed by atoms with van der Waals surface area (Å²) in [7, 11) is 0. The summed E-state index contributed by atoms with van der Waals surface area (Å²) in [6.45, 7) is 3.88. The molecule has 4 nitrogen and oxygen atoms in total. The van der Waals surface area contributed by atoms with Crippen LogP contribution in [0.2, 0.25) is 0 Å². The number of hydrogen-bond acceptors (Lipinski definition) is 3. The van der Waals surface area contributed by atoms with Gasteiger partial charge in [-0.2, -0.15) is 5.10 Å². The van der Waals surface area contributed by atoms with E-state index in [1.807, 2.05) is 22.7 Å². The van der Waals surface area contributed by atoms with Gasteiger partial charge in [-0.15, -0.1) is 0 Å². The van der Waals surface area contributed by atoms with Gasteiger partial charge in [0, 0.05) is 16.7 Å². The Morgan fingerprint density at radius 1 is 1.00 bits per heavy atom. The Bertz CT molecular complexity index is 1150. The Morgan fingerprint density at radius 2 is 1.75 bits per heavy atom. The van der Waals surface area contributed by atoms with Crippen molar-refractivity contribution in [1.29, 1.82) is 0 Å². The molecule has 2 N–H and O–H groups in total. The lowest BCUT2D eigenvalue weighted by molar-refractivity contribution is 0.253. The third-order valence-corrected chi connectivity index (χ3v) is 5.79. The van der Waals surface area contributed by atoms with Crippen molar-refractivity contribution in [3.8, 4) is 22.4 Å². The smallest absolute Gasteiger partial charge is 0.154 e. The quantitative estimate of drug-likeness (QED) is 0.550. The highest BCUT2D eigenvalue weighted by atomic mass is 15.3. The first kappa shape index (κ1) is 16.9. The highest BCUT2D eigenvalue weighted by Crippen LogP contribution is 2.39. The molecule has 2 heterocycles. The van der Waals surface area contributed by atoms with E-state index in [2.05, 4.69) is 54.0 Å². The minimum absolute atomic E-state index is 0.154. The van der Waals surface area contributed by atoms with Crippen LogP contribution >= 0.6 is 0 Å². The molecule has 138 valence electrons. The predicted octanol–water partition coefficient (Wildman–Crippen LogP) is 5.04. The fourth-order valence-electron chi connectivity index (χ4n) is 3.93. The summed E-state index contributed by atoms with van der Waals surface area (Å²) in [4.78, 5) is 4.49. The van der Waals surface area contributed by atoms with E-state index in [4.69, 9.17) is 10.8 Å². The largest absolute Gasteiger partial charge is 0.321 e. The van der Waals surface area contributed by atoms with Gasteiger partial charge >= 0.3 is 0 Å². The molecule has 1 fully saturated rings. The van der Waals surface area contributed by atoms with Gasteiger partial charge in [0.05, 0.1) is 17.6 Å². The number of nitrogens with zero attached hydrogens (tertiary/aromatic N) is 3. The van der Waals surface area contributed by atoms with Crippen molar-refractivity contribution in [3.05, 3.63) is 84.7 Å². The number of nitrogens with two attached hydrogens (primary N) is 1. The summed E-state index contributed by atoms with van der Waals surface area (Å²) in [5.74, 6) is 0. The van der Waals surface area contributed by atoms with Crippen LogP contribution in [0.5, 0.6) is 0 Å². The molecular weight excluding hydrogens is 344 g/mol. The lowest BCUT2D eigenvalue weighted by atomic mass is 9.72. The van der Waals surface area contributed by atoms with Crippen molar-refractivity contribution in [2.75, 3.05) is 0 Å². The van der Waals surface area contributed by atoms with E-state index in [-0.39, 0.29) is 5.54 Å². The standard InChI is InChI=1S/C24H22N4/c1-2-20-16-26-22-15-21(17-7-4-3-5-8-17)23(27-28(20)22)18-9-11-19(12-10-18)24(25)13-6-14-24/h2-5,7-12,15-16H,1,6,13-14,25H2. The molecule has 1 aliphatic rings. The number of aromatic nitrogens is 3. The molecule has 1 saturated carbocycles. The van der Waals surface area contributed by atoms with E-state index in [0.717, 1.165) is 46.6 Å². The van der Waals surface area contributed by atoms with Crippen LogP contribution in [0.3, 0.4) is 0 Å². The zero-order chi connectivity index (χ0) is 19.1. The van der Waals surface area contributed by atoms with E-state index in [1.54, 1.807) is 12.3 Å². The van der Waals surface area contributed by atoms with Crippen LogP contribution < -0.4 is 5.73 Å². The third-order valence-electron chi connectivity index (χ3n) is 5.79. The van der Waals surface area contributed by atoms with Crippen molar-refractivity contribution in [2.45, 2.75) is 24.8 Å². The fraction of sp³-hybridized carbons (Fsp3) is 0.167. The van der Waals surface area contributed by atoms with Crippen LogP contribution in [0.15, 0.2) is 73.4 Å². The van der Waals surface area contributed by atoms with Gasteiger partial charge in [0.2, 0.25) is 0 Å². The Hall–Kier alpha value is -3.24. The molecule has 0 bridgehead atoms. The first-order valence-corrected chi connectivity index (χ1v) is 9.64. The second-order valence-electron chi connectivity index (χ2n) is 7.52. The highest BCUT2D eigenvalue weighted by Gasteiger charge is 2.34. The average molecular weight is 366 g/mol. The molecule has 2 aromatic heterocycles. The molecule has 5 rings (SSSR count). The summed E-state index contributed by atoms with van der Waals surface area (Å²) in [5, 5.41) is 4.93. The van der Waals surface area contributed by atoms with Gasteiger partial charge in [0.25, 0.3) is 0 Å². The molecule has 4 aromatic rings. The number of fused-ring (bicyclic) bond motifs is 1. The van der Waals surface area contributed by atoms with Crippen LogP contribution in [-0.4, -0.2) is 14.6 Å². The van der Waals surface area contributed by atoms with Crippen molar-refractivity contribution in [2.24, 2.45) is 5.73 Å². The van der Waals surface area contributed by atoms with Crippen LogP contribution in [0.4, 0.5) is 0 Å². The topological polar surface area (TPSA) is 56.2 Å². The van der Waals surface area contributed by atoms with Crippen LogP contribution in [0.1, 0.15) is 30.5 Å². The Labute approximate surface area is 164 Å². The second kappa shape index (κ2) is 6.43. The molecule has 2 aromatic carbocycles. The third kappa shape index (κ3) is 2.65. The summed E-state index contributed by atoms with van der Waals surface area (Å²) < 4.78 is 1.85. The van der Waals surface area contributed by atoms with E-state index in [1.165, 1.54) is 12.0 Å². The van der Waals surface area contributed by atoms with Gasteiger partial charge in [-0.1, -0.05) is 61.2 Å². The van der Waals surface area contributed by atoms with E-state index >= 15 is 0 Å². The summed E-state index contributed by atoms with van der Waals surface area (Å²) in [5.41, 5.74) is 13.4. The lowest BCUT2D eigenvalue weighted by Crippen LogP contribution is -2.43. The van der Waals surface area contributed by atoms with Gasteiger partial charge in [-0.05, 0) is 42.5 Å². The Balaban J connectivity index is 1.69. The zero-order valence-electron chi connectivity index (χ0n) is 15.7. The number of hydrogen-bond donors (Lipinski definition) is 1. The first-order valence-electron chi connectivity index (χ1n) is 9.64. The minimum atomic E-state index is -0.154. The molecule has 0 spiro atoms. The Morgan fingerprint density at radius 3 is 2.39 bits per heavy atom. The van der Waals surface area contributed by atoms with Gasteiger partial charge in [-0.3, -0.25) is 0 Å². The number of rotatable bonds is 4. The fourth-order valence-corrected chi connectivity index (χ4v) is 3.93. The van der Waals surface area contributed by atoms with Gasteiger partial charge < -0.3 is 5.73 Å². The molecule has 0 unspecified atom stereocenters. The monoisotopic (exact) mass is 366 g/mol. The maximum atomic E-state index is 6.49. The molecule has 1 aliphatic carbocycles. The lowest BCUT2D eigenvalue weighted by Gasteiger charge is -2.38. The van der Waals surface area contributed by atoms with Crippen molar-refractivity contribution >= 4 is 11.7 Å². The first-order chi connectivity index (χ1) is 13.7. The molecule has 0 radical (unpaired) electrons. The summed E-state index contributed by atoms with van der Waals surface area (Å²) in [6.07, 6.45) is 6.90. The predicted molar refractivity (Wildman–Crippen MR) is 114 cm³/mol. The molecule has 0 atom stereocenters. The van der Waals surface area contributed by atoms with Crippen molar-refractivity contribution < 1.29 is 0 Å². The number of benzene rings is 2. The summed E-state index contributed by atoms with van der Waals surface area (Å²) >= 11 is 0. The SMILES string of the molecule is C=Cc1cnc2cc(-c3ccccc3)c(-c3ccc(C4(N)CCC4)cc3)nn12. The molecular formula is C24H22N4. The van der Waals surface area contributed by atoms with Gasteiger partial charge in [0.1, 0.15) is 0 Å².